The third kappa shape index (κ3) is 4.65. The molecule has 0 spiro atoms. The number of nitrogens with one attached hydrogen (secondary N) is 1. The number of carbonyl (C=O) groups is 1. The van der Waals surface area contributed by atoms with Crippen molar-refractivity contribution in [1.82, 2.24) is 14.5 Å². The summed E-state index contributed by atoms with van der Waals surface area (Å²) in [7, 11) is 0. The van der Waals surface area contributed by atoms with Gasteiger partial charge in [-0.15, -0.1) is 0 Å². The number of nitrogens with zero attached hydrogens (tertiary/aromatic N) is 3. The van der Waals surface area contributed by atoms with E-state index in [1.807, 2.05) is 4.90 Å². The van der Waals surface area contributed by atoms with Gasteiger partial charge < -0.3 is 14.8 Å². The van der Waals surface area contributed by atoms with Gasteiger partial charge in [-0.1, -0.05) is 28.1 Å². The number of benzene rings is 2. The van der Waals surface area contributed by atoms with Gasteiger partial charge in [0.25, 0.3) is 5.56 Å². The Bertz CT molecular complexity index is 1270. The number of fused-ring (bicyclic) bond motifs is 1. The van der Waals surface area contributed by atoms with Crippen LogP contribution >= 0.6 is 15.9 Å². The van der Waals surface area contributed by atoms with Gasteiger partial charge in [-0.2, -0.15) is 0 Å². The lowest BCUT2D eigenvalue weighted by Gasteiger charge is -2.41. The maximum Gasteiger partial charge on any atom is 0.328 e. The number of carbonyl (C=O) groups excluding carboxylic acids is 1. The summed E-state index contributed by atoms with van der Waals surface area (Å²) in [5.41, 5.74) is 2.14. The van der Waals surface area contributed by atoms with Gasteiger partial charge in [0.15, 0.2) is 0 Å². The van der Waals surface area contributed by atoms with Crippen molar-refractivity contribution in [1.29, 1.82) is 0 Å². The first-order valence-electron chi connectivity index (χ1n) is 10.9. The zero-order valence-corrected chi connectivity index (χ0v) is 19.9. The van der Waals surface area contributed by atoms with E-state index in [1.165, 1.54) is 15.8 Å². The SMILES string of the molecule is Cc1cccc(N2CCN(C(=O)CCCn3c(=O)[nH]c4ccc(Br)cc4c3=O)CC2C)c1. The maximum absolute atomic E-state index is 12.8. The number of piperazine rings is 1. The fraction of sp³-hybridized carbons (Fsp3) is 0.375. The predicted octanol–water partition coefficient (Wildman–Crippen LogP) is 3.28. The smallest absolute Gasteiger partial charge is 0.328 e. The highest BCUT2D eigenvalue weighted by Crippen LogP contribution is 2.22. The summed E-state index contributed by atoms with van der Waals surface area (Å²) in [6.45, 7) is 6.54. The van der Waals surface area contributed by atoms with Crippen LogP contribution in [-0.2, 0) is 11.3 Å². The van der Waals surface area contributed by atoms with E-state index in [-0.39, 0.29) is 24.1 Å². The molecule has 1 unspecified atom stereocenters. The topological polar surface area (TPSA) is 78.4 Å². The van der Waals surface area contributed by atoms with Crippen LogP contribution in [0.3, 0.4) is 0 Å². The van der Waals surface area contributed by atoms with E-state index in [1.54, 1.807) is 18.2 Å². The van der Waals surface area contributed by atoms with Gasteiger partial charge in [0.2, 0.25) is 5.91 Å². The summed E-state index contributed by atoms with van der Waals surface area (Å²) in [4.78, 5) is 44.8. The van der Waals surface area contributed by atoms with Crippen LogP contribution in [0.25, 0.3) is 10.9 Å². The molecule has 1 aliphatic rings. The Morgan fingerprint density at radius 1 is 1.16 bits per heavy atom. The van der Waals surface area contributed by atoms with E-state index < -0.39 is 5.69 Å². The Morgan fingerprint density at radius 2 is 1.97 bits per heavy atom. The van der Waals surface area contributed by atoms with Crippen LogP contribution in [0.2, 0.25) is 0 Å². The first-order valence-corrected chi connectivity index (χ1v) is 11.7. The zero-order valence-electron chi connectivity index (χ0n) is 18.3. The molecule has 168 valence electrons. The molecule has 2 heterocycles. The summed E-state index contributed by atoms with van der Waals surface area (Å²) in [6.07, 6.45) is 0.743. The molecule has 0 bridgehead atoms. The Kier molecular flexibility index (Phi) is 6.50. The third-order valence-electron chi connectivity index (χ3n) is 6.03. The maximum atomic E-state index is 12.8. The number of anilines is 1. The minimum Gasteiger partial charge on any atom is -0.365 e. The van der Waals surface area contributed by atoms with Crippen LogP contribution in [0.4, 0.5) is 5.69 Å². The summed E-state index contributed by atoms with van der Waals surface area (Å²) in [6, 6.07) is 13.8. The number of hydrogen-bond donors (Lipinski definition) is 1. The van der Waals surface area contributed by atoms with Crippen LogP contribution in [0.5, 0.6) is 0 Å². The molecule has 1 atom stereocenters. The highest BCUT2D eigenvalue weighted by Gasteiger charge is 2.26. The van der Waals surface area contributed by atoms with Crippen molar-refractivity contribution >= 4 is 38.4 Å². The van der Waals surface area contributed by atoms with Crippen LogP contribution in [-0.4, -0.2) is 46.0 Å². The Labute approximate surface area is 194 Å². The van der Waals surface area contributed by atoms with Crippen molar-refractivity contribution in [2.45, 2.75) is 39.3 Å². The first-order chi connectivity index (χ1) is 15.3. The van der Waals surface area contributed by atoms with Crippen LogP contribution in [0, 0.1) is 6.92 Å². The molecule has 1 aromatic heterocycles. The number of aromatic amines is 1. The van der Waals surface area contributed by atoms with E-state index in [2.05, 4.69) is 63.9 Å². The van der Waals surface area contributed by atoms with Gasteiger partial charge in [0.05, 0.1) is 10.9 Å². The molecule has 1 saturated heterocycles. The van der Waals surface area contributed by atoms with Crippen molar-refractivity contribution in [2.24, 2.45) is 0 Å². The van der Waals surface area contributed by atoms with Crippen molar-refractivity contribution in [3.05, 3.63) is 73.3 Å². The molecule has 0 radical (unpaired) electrons. The first kappa shape index (κ1) is 22.3. The lowest BCUT2D eigenvalue weighted by Crippen LogP contribution is -2.53. The molecule has 0 aliphatic carbocycles. The molecule has 3 aromatic rings. The van der Waals surface area contributed by atoms with Crippen LogP contribution in [0.15, 0.2) is 56.5 Å². The molecular formula is C24H27BrN4O3. The normalized spacial score (nSPS) is 16.5. The van der Waals surface area contributed by atoms with Crippen molar-refractivity contribution in [2.75, 3.05) is 24.5 Å². The summed E-state index contributed by atoms with van der Waals surface area (Å²) in [5.74, 6) is 0.0637. The van der Waals surface area contributed by atoms with E-state index >= 15 is 0 Å². The predicted molar refractivity (Wildman–Crippen MR) is 130 cm³/mol. The van der Waals surface area contributed by atoms with E-state index in [0.29, 0.717) is 36.8 Å². The molecule has 8 heteroatoms. The van der Waals surface area contributed by atoms with Gasteiger partial charge in [-0.3, -0.25) is 14.2 Å². The van der Waals surface area contributed by atoms with Crippen molar-refractivity contribution in [3.8, 4) is 0 Å². The molecule has 1 amide bonds. The van der Waals surface area contributed by atoms with E-state index in [0.717, 1.165) is 11.0 Å². The fourth-order valence-corrected chi connectivity index (χ4v) is 4.71. The van der Waals surface area contributed by atoms with E-state index in [4.69, 9.17) is 0 Å². The van der Waals surface area contributed by atoms with E-state index in [9.17, 15) is 14.4 Å². The molecule has 0 saturated carbocycles. The number of halogens is 1. The number of hydrogen-bond acceptors (Lipinski definition) is 4. The average Bonchev–Trinajstić information content (AvgIpc) is 2.76. The number of aryl methyl sites for hydroxylation is 1. The molecule has 1 N–H and O–H groups in total. The molecule has 7 nitrogen and oxygen atoms in total. The second-order valence-corrected chi connectivity index (χ2v) is 9.32. The number of H-pyrrole nitrogens is 1. The zero-order chi connectivity index (χ0) is 22.8. The Morgan fingerprint density at radius 3 is 2.72 bits per heavy atom. The second kappa shape index (κ2) is 9.32. The molecule has 1 aliphatic heterocycles. The lowest BCUT2D eigenvalue weighted by atomic mass is 10.1. The lowest BCUT2D eigenvalue weighted by molar-refractivity contribution is -0.132. The van der Waals surface area contributed by atoms with Gasteiger partial charge in [-0.05, 0) is 56.2 Å². The Hall–Kier alpha value is -2.87. The fourth-order valence-electron chi connectivity index (χ4n) is 4.35. The number of amides is 1. The van der Waals surface area contributed by atoms with Crippen LogP contribution in [0.1, 0.15) is 25.3 Å². The summed E-state index contributed by atoms with van der Waals surface area (Å²) < 4.78 is 1.95. The molecular weight excluding hydrogens is 472 g/mol. The van der Waals surface area contributed by atoms with Crippen LogP contribution < -0.4 is 16.1 Å². The summed E-state index contributed by atoms with van der Waals surface area (Å²) >= 11 is 3.36. The van der Waals surface area contributed by atoms with Crippen molar-refractivity contribution < 1.29 is 4.79 Å². The molecule has 2 aromatic carbocycles. The van der Waals surface area contributed by atoms with Gasteiger partial charge in [0, 0.05) is 48.8 Å². The number of rotatable bonds is 5. The molecule has 1 fully saturated rings. The molecule has 4 rings (SSSR count). The minimum absolute atomic E-state index is 0.0637. The molecule has 32 heavy (non-hydrogen) atoms. The summed E-state index contributed by atoms with van der Waals surface area (Å²) in [5, 5.41) is 0.450. The standard InChI is InChI=1S/C24H27BrN4O3/c1-16-5-3-6-19(13-16)28-12-11-27(15-17(28)2)22(30)7-4-10-29-23(31)20-14-18(25)8-9-21(20)26-24(29)32/h3,5-6,8-9,13-14,17H,4,7,10-12,15H2,1-2H3,(H,26,32). The monoisotopic (exact) mass is 498 g/mol. The second-order valence-electron chi connectivity index (χ2n) is 8.40. The highest BCUT2D eigenvalue weighted by atomic mass is 79.9. The Balaban J connectivity index is 1.37. The largest absolute Gasteiger partial charge is 0.365 e. The van der Waals surface area contributed by atoms with Crippen molar-refractivity contribution in [3.63, 3.8) is 0 Å². The highest BCUT2D eigenvalue weighted by molar-refractivity contribution is 9.10. The third-order valence-corrected chi connectivity index (χ3v) is 6.52. The average molecular weight is 499 g/mol. The van der Waals surface area contributed by atoms with Gasteiger partial charge in [-0.25, -0.2) is 4.79 Å². The minimum atomic E-state index is -0.447. The van der Waals surface area contributed by atoms with Gasteiger partial charge >= 0.3 is 5.69 Å². The quantitative estimate of drug-likeness (QED) is 0.585. The van der Waals surface area contributed by atoms with Gasteiger partial charge in [0.1, 0.15) is 0 Å². The number of aromatic nitrogens is 2.